The first-order valence-electron chi connectivity index (χ1n) is 7.71. The molecule has 1 aromatic heterocycles. The molecular weight excluding hydrogens is 262 g/mol. The fourth-order valence-corrected chi connectivity index (χ4v) is 3.75. The second kappa shape index (κ2) is 4.48. The zero-order chi connectivity index (χ0) is 14.4. The number of para-hydroxylation sites is 1. The molecule has 4 rings (SSSR count). The number of aromatic nitrogens is 1. The van der Waals surface area contributed by atoms with Crippen LogP contribution in [0.2, 0.25) is 0 Å². The maximum atomic E-state index is 11.8. The lowest BCUT2D eigenvalue weighted by Gasteiger charge is -2.41. The van der Waals surface area contributed by atoms with Crippen LogP contribution in [0.15, 0.2) is 36.7 Å². The first kappa shape index (κ1) is 12.7. The summed E-state index contributed by atoms with van der Waals surface area (Å²) in [6.45, 7) is 1.60. The van der Waals surface area contributed by atoms with Crippen molar-refractivity contribution in [3.63, 3.8) is 0 Å². The Morgan fingerprint density at radius 1 is 1.10 bits per heavy atom. The Bertz CT molecular complexity index is 708. The Balaban J connectivity index is 1.94. The van der Waals surface area contributed by atoms with E-state index in [1.807, 2.05) is 30.6 Å². The minimum atomic E-state index is -0.233. The van der Waals surface area contributed by atoms with Crippen LogP contribution in [0, 0.1) is 0 Å². The minimum Gasteiger partial charge on any atom is -0.482 e. The lowest BCUT2D eigenvalue weighted by atomic mass is 9.76. The van der Waals surface area contributed by atoms with Gasteiger partial charge in [-0.05, 0) is 31.7 Å². The number of hydrogen-bond acceptors (Lipinski definition) is 2. The molecule has 0 radical (unpaired) electrons. The van der Waals surface area contributed by atoms with Gasteiger partial charge in [-0.1, -0.05) is 24.6 Å². The van der Waals surface area contributed by atoms with Crippen molar-refractivity contribution in [2.45, 2.75) is 44.6 Å². The number of benzene rings is 1. The number of ether oxygens (including phenoxy) is 1. The molecule has 1 aliphatic heterocycles. The Kier molecular flexibility index (Phi) is 2.71. The van der Waals surface area contributed by atoms with Crippen LogP contribution in [-0.2, 0) is 5.60 Å². The van der Waals surface area contributed by atoms with E-state index in [4.69, 9.17) is 4.74 Å². The largest absolute Gasteiger partial charge is 0.482 e. The van der Waals surface area contributed by atoms with Gasteiger partial charge in [0.2, 0.25) is 5.91 Å². The number of carbonyl (C=O) groups is 1. The van der Waals surface area contributed by atoms with Crippen molar-refractivity contribution in [3.8, 4) is 16.9 Å². The molecule has 0 N–H and O–H groups in total. The molecular formula is C18H19NO2. The number of hydrogen-bond donors (Lipinski definition) is 0. The summed E-state index contributed by atoms with van der Waals surface area (Å²) in [5.41, 5.74) is 3.22. The summed E-state index contributed by atoms with van der Waals surface area (Å²) >= 11 is 0. The van der Waals surface area contributed by atoms with E-state index in [2.05, 4.69) is 6.07 Å². The van der Waals surface area contributed by atoms with Gasteiger partial charge in [-0.15, -0.1) is 0 Å². The third-order valence-electron chi connectivity index (χ3n) is 4.82. The van der Waals surface area contributed by atoms with Gasteiger partial charge in [0.1, 0.15) is 11.4 Å². The highest BCUT2D eigenvalue weighted by atomic mass is 16.5. The molecule has 0 unspecified atom stereocenters. The van der Waals surface area contributed by atoms with Crippen molar-refractivity contribution in [2.75, 3.05) is 0 Å². The summed E-state index contributed by atoms with van der Waals surface area (Å²) < 4.78 is 8.16. The van der Waals surface area contributed by atoms with Gasteiger partial charge < -0.3 is 4.74 Å². The van der Waals surface area contributed by atoms with E-state index in [0.29, 0.717) is 0 Å². The molecule has 3 nitrogen and oxygen atoms in total. The van der Waals surface area contributed by atoms with Crippen molar-refractivity contribution in [1.82, 2.24) is 4.57 Å². The van der Waals surface area contributed by atoms with Crippen molar-refractivity contribution in [3.05, 3.63) is 42.2 Å². The quantitative estimate of drug-likeness (QED) is 0.718. The van der Waals surface area contributed by atoms with Crippen LogP contribution in [0.5, 0.6) is 5.75 Å². The number of carbonyl (C=O) groups excluding carboxylic acids is 1. The van der Waals surface area contributed by atoms with Gasteiger partial charge in [0.25, 0.3) is 0 Å². The average Bonchev–Trinajstić information content (AvgIpc) is 2.95. The van der Waals surface area contributed by atoms with Gasteiger partial charge in [-0.3, -0.25) is 9.36 Å². The summed E-state index contributed by atoms with van der Waals surface area (Å²) in [7, 11) is 0. The van der Waals surface area contributed by atoms with Crippen molar-refractivity contribution in [2.24, 2.45) is 0 Å². The normalized spacial score (nSPS) is 18.7. The molecule has 1 saturated carbocycles. The van der Waals surface area contributed by atoms with Crippen LogP contribution >= 0.6 is 0 Å². The first-order chi connectivity index (χ1) is 10.2. The Hall–Kier alpha value is -2.03. The van der Waals surface area contributed by atoms with Gasteiger partial charge in [0.05, 0.1) is 0 Å². The topological polar surface area (TPSA) is 31.2 Å². The van der Waals surface area contributed by atoms with Crippen molar-refractivity contribution in [1.29, 1.82) is 0 Å². The van der Waals surface area contributed by atoms with E-state index in [1.54, 1.807) is 11.5 Å². The molecule has 2 aromatic rings. The van der Waals surface area contributed by atoms with Crippen molar-refractivity contribution >= 4 is 5.91 Å². The zero-order valence-corrected chi connectivity index (χ0v) is 12.3. The maximum absolute atomic E-state index is 11.8. The van der Waals surface area contributed by atoms with Gasteiger partial charge in [-0.2, -0.15) is 0 Å². The standard InChI is InChI=1S/C18H19NO2/c1-13(20)19-11-15-14-7-3-4-8-17(14)21-18(16(15)12-19)9-5-2-6-10-18/h3-4,7-8,11-12H,2,5-6,9-10H2,1H3. The van der Waals surface area contributed by atoms with Crippen LogP contribution in [0.4, 0.5) is 0 Å². The third-order valence-corrected chi connectivity index (χ3v) is 4.82. The smallest absolute Gasteiger partial charge is 0.227 e. The van der Waals surface area contributed by atoms with Gasteiger partial charge >= 0.3 is 0 Å². The molecule has 2 heterocycles. The Labute approximate surface area is 124 Å². The van der Waals surface area contributed by atoms with Crippen LogP contribution < -0.4 is 4.74 Å². The van der Waals surface area contributed by atoms with Gasteiger partial charge in [-0.25, -0.2) is 0 Å². The summed E-state index contributed by atoms with van der Waals surface area (Å²) in [5.74, 6) is 1.00. The molecule has 3 heteroatoms. The summed E-state index contributed by atoms with van der Waals surface area (Å²) in [5, 5.41) is 0. The molecule has 21 heavy (non-hydrogen) atoms. The van der Waals surface area contributed by atoms with Crippen molar-refractivity contribution < 1.29 is 9.53 Å². The Morgan fingerprint density at radius 2 is 1.86 bits per heavy atom. The summed E-state index contributed by atoms with van der Waals surface area (Å²) in [6.07, 6.45) is 9.68. The fraction of sp³-hybridized carbons (Fsp3) is 0.389. The van der Waals surface area contributed by atoms with Gasteiger partial charge in [0.15, 0.2) is 0 Å². The van der Waals surface area contributed by atoms with E-state index in [-0.39, 0.29) is 11.5 Å². The number of nitrogens with zero attached hydrogens (tertiary/aromatic N) is 1. The van der Waals surface area contributed by atoms with E-state index < -0.39 is 0 Å². The molecule has 0 atom stereocenters. The second-order valence-corrected chi connectivity index (χ2v) is 6.17. The summed E-state index contributed by atoms with van der Waals surface area (Å²) in [6, 6.07) is 8.16. The van der Waals surface area contributed by atoms with E-state index in [0.717, 1.165) is 29.7 Å². The second-order valence-electron chi connectivity index (χ2n) is 6.17. The SMILES string of the molecule is CC(=O)n1cc2c(c1)C1(CCCCC1)Oc1ccccc1-2. The lowest BCUT2D eigenvalue weighted by molar-refractivity contribution is 0.0241. The van der Waals surface area contributed by atoms with Crippen LogP contribution in [0.25, 0.3) is 11.1 Å². The molecule has 0 amide bonds. The molecule has 0 bridgehead atoms. The predicted molar refractivity (Wildman–Crippen MR) is 81.6 cm³/mol. The predicted octanol–water partition coefficient (Wildman–Crippen LogP) is 4.37. The molecule has 0 saturated heterocycles. The third kappa shape index (κ3) is 1.84. The molecule has 1 fully saturated rings. The molecule has 1 aliphatic carbocycles. The highest BCUT2D eigenvalue weighted by Crippen LogP contribution is 2.51. The number of fused-ring (bicyclic) bond motifs is 4. The summed E-state index contributed by atoms with van der Waals surface area (Å²) in [4.78, 5) is 11.8. The lowest BCUT2D eigenvalue weighted by Crippen LogP contribution is -2.37. The molecule has 2 aliphatic rings. The first-order valence-corrected chi connectivity index (χ1v) is 7.71. The van der Waals surface area contributed by atoms with Crippen LogP contribution in [0.1, 0.15) is 49.4 Å². The molecule has 108 valence electrons. The highest BCUT2D eigenvalue weighted by Gasteiger charge is 2.42. The average molecular weight is 281 g/mol. The maximum Gasteiger partial charge on any atom is 0.227 e. The number of rotatable bonds is 0. The van der Waals surface area contributed by atoms with E-state index >= 15 is 0 Å². The fourth-order valence-electron chi connectivity index (χ4n) is 3.75. The van der Waals surface area contributed by atoms with Crippen LogP contribution in [-0.4, -0.2) is 10.5 Å². The molecule has 1 spiro atoms. The van der Waals surface area contributed by atoms with Crippen LogP contribution in [0.3, 0.4) is 0 Å². The van der Waals surface area contributed by atoms with Gasteiger partial charge in [0, 0.05) is 36.0 Å². The monoisotopic (exact) mass is 281 g/mol. The highest BCUT2D eigenvalue weighted by molar-refractivity contribution is 5.82. The Morgan fingerprint density at radius 3 is 2.62 bits per heavy atom. The van der Waals surface area contributed by atoms with E-state index in [9.17, 15) is 4.79 Å². The minimum absolute atomic E-state index is 0.0489. The molecule has 1 aromatic carbocycles. The van der Waals surface area contributed by atoms with E-state index in [1.165, 1.54) is 24.8 Å². The zero-order valence-electron chi connectivity index (χ0n) is 12.3.